The number of nitrogens with one attached hydrogen (secondary N) is 5. The molecule has 0 aromatic heterocycles. The molecule has 6 rings (SSSR count). The Labute approximate surface area is 439 Å². The first-order chi connectivity index (χ1) is 35.5. The van der Waals surface area contributed by atoms with Gasteiger partial charge >= 0.3 is 0 Å². The summed E-state index contributed by atoms with van der Waals surface area (Å²) in [5, 5.41) is 44.0. The lowest BCUT2D eigenvalue weighted by atomic mass is 9.83. The molecule has 4 aliphatic heterocycles. The van der Waals surface area contributed by atoms with Crippen LogP contribution >= 0.6 is 11.8 Å². The van der Waals surface area contributed by atoms with Crippen LogP contribution in [0.2, 0.25) is 0 Å². The number of Topliss-reactive ketones (excluding diaryl/α,β-unsaturated/α-hetero) is 2. The molecule has 2 unspecified atom stereocenters. The number of ketones is 2. The van der Waals surface area contributed by atoms with Gasteiger partial charge in [0.15, 0.2) is 11.6 Å². The molecule has 410 valence electrons. The minimum Gasteiger partial charge on any atom is -0.492 e. The molecule has 9 amide bonds. The maximum atomic E-state index is 15.1. The van der Waals surface area contributed by atoms with E-state index in [1.165, 1.54) is 18.7 Å². The summed E-state index contributed by atoms with van der Waals surface area (Å²) >= 11 is 1.26. The van der Waals surface area contributed by atoms with Crippen LogP contribution in [0.25, 0.3) is 5.57 Å². The molecule has 0 saturated carbocycles. The number of hydrogen-bond donors (Lipinski definition) is 9. The third-order valence-electron chi connectivity index (χ3n) is 14.5. The van der Waals surface area contributed by atoms with Crippen molar-refractivity contribution in [3.8, 4) is 5.75 Å². The molecule has 12 atom stereocenters. The molecular formula is C49H66N8O16S2. The standard InChI is InChI=1S/C49H66N8O16S2/c1-5-23(2)44-47(69)52-18-41(64)53-33-22-75(72)39-12-25-10-28(73-9-8-56-43(66)17-38(74-4)49(56)71)6-7-29(25)31(39)15-32(46(68)51-19-42(65)55-44)54-45(67)30(24(3)37(62)21-58)16-36(61)34-14-27(59)20-57(34)48(70)26(11-35(33)60)13-40(50)63/h6-7,10,23-24,26-27,30,32-34,37-38,44,58-59,62H,5,8-9,11-22H2,1-4H3,(H2,50,63)(H,51,68)(H,52,69)(H,53,64)(H,54,67)(H,55,65)/t23-,24+,26-,27+,30-,32-,33-,34-,37-,38?,44-,75?/m0/s1. The average molecular weight is 1090 g/mol. The summed E-state index contributed by atoms with van der Waals surface area (Å²) in [6.07, 6.45) is -3.92. The highest BCUT2D eigenvalue weighted by Gasteiger charge is 2.46. The fourth-order valence-corrected chi connectivity index (χ4v) is 12.2. The summed E-state index contributed by atoms with van der Waals surface area (Å²) in [6.45, 7) is 1.86. The van der Waals surface area contributed by atoms with E-state index in [-0.39, 0.29) is 60.5 Å². The zero-order valence-corrected chi connectivity index (χ0v) is 43.8. The van der Waals surface area contributed by atoms with E-state index in [0.717, 1.165) is 9.80 Å². The smallest absolute Gasteiger partial charge is 0.243 e. The predicted molar refractivity (Wildman–Crippen MR) is 269 cm³/mol. The average Bonchev–Trinajstić information content (AvgIpc) is 4.04. The zero-order valence-electron chi connectivity index (χ0n) is 42.1. The van der Waals surface area contributed by atoms with E-state index in [4.69, 9.17) is 10.5 Å². The number of carbonyl (C=O) groups excluding carboxylic acids is 11. The van der Waals surface area contributed by atoms with Crippen LogP contribution in [0, 0.1) is 23.7 Å². The molecule has 0 radical (unpaired) electrons. The first-order valence-corrected chi connectivity index (χ1v) is 27.4. The number of carbonyl (C=O) groups is 11. The fourth-order valence-electron chi connectivity index (χ4n) is 9.97. The van der Waals surface area contributed by atoms with Crippen LogP contribution in [0.5, 0.6) is 5.75 Å². The Balaban J connectivity index is 1.48. The summed E-state index contributed by atoms with van der Waals surface area (Å²) < 4.78 is 21.0. The van der Waals surface area contributed by atoms with Gasteiger partial charge in [0, 0.05) is 62.3 Å². The Kier molecular flexibility index (Phi) is 19.9. The number of benzene rings is 1. The molecule has 10 N–H and O–H groups in total. The van der Waals surface area contributed by atoms with Crippen LogP contribution in [0.3, 0.4) is 0 Å². The normalized spacial score (nSPS) is 29.1. The molecule has 5 aliphatic rings. The number of allylic oxidation sites excluding steroid dienone is 1. The summed E-state index contributed by atoms with van der Waals surface area (Å²) in [7, 11) is -2.28. The Morgan fingerprint density at radius 3 is 2.24 bits per heavy atom. The Bertz CT molecular complexity index is 2530. The molecular weight excluding hydrogens is 1020 g/mol. The molecule has 2 saturated heterocycles. The van der Waals surface area contributed by atoms with Crippen LogP contribution in [0.1, 0.15) is 76.8 Å². The first kappa shape index (κ1) is 58.2. The number of fused-ring (bicyclic) bond motifs is 5. The van der Waals surface area contributed by atoms with E-state index >= 15 is 4.21 Å². The highest BCUT2D eigenvalue weighted by atomic mass is 32.2. The van der Waals surface area contributed by atoms with Crippen LogP contribution in [-0.4, -0.2) is 187 Å². The number of amides is 9. The second-order valence-electron chi connectivity index (χ2n) is 19.6. The molecule has 24 nitrogen and oxygen atoms in total. The maximum Gasteiger partial charge on any atom is 0.243 e. The second kappa shape index (κ2) is 25.6. The number of imide groups is 1. The van der Waals surface area contributed by atoms with Gasteiger partial charge in [-0.3, -0.25) is 61.8 Å². The van der Waals surface area contributed by atoms with Crippen LogP contribution in [0.15, 0.2) is 23.1 Å². The monoisotopic (exact) mass is 1090 g/mol. The quantitative estimate of drug-likeness (QED) is 0.0926. The van der Waals surface area contributed by atoms with Gasteiger partial charge in [-0.2, -0.15) is 11.8 Å². The number of nitrogens with two attached hydrogens (primary N) is 1. The van der Waals surface area contributed by atoms with Crippen molar-refractivity contribution in [1.82, 2.24) is 36.4 Å². The zero-order chi connectivity index (χ0) is 55.0. The molecule has 75 heavy (non-hydrogen) atoms. The van der Waals surface area contributed by atoms with E-state index < -0.39 is 187 Å². The maximum absolute atomic E-state index is 15.1. The van der Waals surface area contributed by atoms with Crippen molar-refractivity contribution in [3.05, 3.63) is 34.2 Å². The molecule has 4 heterocycles. The molecule has 26 heteroatoms. The molecule has 2 fully saturated rings. The van der Waals surface area contributed by atoms with Crippen molar-refractivity contribution in [1.29, 1.82) is 0 Å². The lowest BCUT2D eigenvalue weighted by molar-refractivity contribution is -0.145. The first-order valence-electron chi connectivity index (χ1n) is 24.8. The summed E-state index contributed by atoms with van der Waals surface area (Å²) in [5.74, 6) is -14.1. The van der Waals surface area contributed by atoms with Crippen molar-refractivity contribution in [2.24, 2.45) is 29.4 Å². The van der Waals surface area contributed by atoms with Crippen molar-refractivity contribution in [2.45, 2.75) is 114 Å². The molecule has 2 bridgehead atoms. The van der Waals surface area contributed by atoms with Crippen molar-refractivity contribution in [3.63, 3.8) is 0 Å². The van der Waals surface area contributed by atoms with Crippen molar-refractivity contribution < 1.29 is 77.0 Å². The number of rotatable bonds is 12. The fraction of sp³-hybridized carbons (Fsp3) is 0.612. The van der Waals surface area contributed by atoms with E-state index in [1.807, 2.05) is 0 Å². The van der Waals surface area contributed by atoms with E-state index in [2.05, 4.69) is 26.6 Å². The highest BCUT2D eigenvalue weighted by Crippen LogP contribution is 2.40. The molecule has 1 aliphatic carbocycles. The van der Waals surface area contributed by atoms with Crippen LogP contribution in [-0.2, 0) is 70.0 Å². The van der Waals surface area contributed by atoms with Gasteiger partial charge in [-0.15, -0.1) is 0 Å². The number of aliphatic hydroxyl groups is 3. The lowest BCUT2D eigenvalue weighted by Crippen LogP contribution is -2.56. The second-order valence-corrected chi connectivity index (χ2v) is 22.2. The van der Waals surface area contributed by atoms with Crippen molar-refractivity contribution >= 4 is 92.9 Å². The van der Waals surface area contributed by atoms with Gasteiger partial charge in [0.25, 0.3) is 0 Å². The Morgan fingerprint density at radius 2 is 1.59 bits per heavy atom. The van der Waals surface area contributed by atoms with E-state index in [0.29, 0.717) is 17.5 Å². The number of primary amides is 1. The lowest BCUT2D eigenvalue weighted by Gasteiger charge is -2.32. The van der Waals surface area contributed by atoms with E-state index in [1.54, 1.807) is 38.3 Å². The number of hydrogen-bond acceptors (Lipinski definition) is 17. The predicted octanol–water partition coefficient (Wildman–Crippen LogP) is -3.30. The largest absolute Gasteiger partial charge is 0.492 e. The van der Waals surface area contributed by atoms with Gasteiger partial charge in [0.2, 0.25) is 53.2 Å². The number of likely N-dealkylation sites (tertiary alicyclic amines) is 1. The van der Waals surface area contributed by atoms with E-state index in [9.17, 15) is 68.1 Å². The molecule has 0 spiro atoms. The van der Waals surface area contributed by atoms with Gasteiger partial charge in [0.05, 0.1) is 78.3 Å². The Morgan fingerprint density at radius 1 is 0.893 bits per heavy atom. The molecule has 1 aromatic rings. The summed E-state index contributed by atoms with van der Waals surface area (Å²) in [5.41, 5.74) is 6.69. The van der Waals surface area contributed by atoms with Gasteiger partial charge < -0.3 is 57.3 Å². The minimum atomic E-state index is -2.28. The van der Waals surface area contributed by atoms with Gasteiger partial charge in [0.1, 0.15) is 24.4 Å². The topological polar surface area (TPSA) is 367 Å². The molecule has 1 aromatic carbocycles. The summed E-state index contributed by atoms with van der Waals surface area (Å²) in [6, 6.07) is -1.29. The van der Waals surface area contributed by atoms with Crippen LogP contribution in [0.4, 0.5) is 0 Å². The van der Waals surface area contributed by atoms with Gasteiger partial charge in [-0.25, -0.2) is 0 Å². The SMILES string of the molecule is CC[C@H](C)[C@@H]1NC(=O)CNC(=O)[C@@H]2CC3=C(Cc4cc(OCCN5C(=O)CC(SC)C5=O)ccc43)S(=O)C[C@H](NC(=O)CNC1=O)C(=O)C[C@@H](CC(N)=O)C(=O)N1C[C@H](O)C[C@H]1C(=O)C[C@@H]([C@@H](C)[C@@H](O)CO)C(=O)N2. The van der Waals surface area contributed by atoms with Gasteiger partial charge in [-0.05, 0) is 46.9 Å². The van der Waals surface area contributed by atoms with Gasteiger partial charge in [-0.1, -0.05) is 33.3 Å². The third kappa shape index (κ3) is 14.0. The number of ether oxygens (including phenoxy) is 1. The van der Waals surface area contributed by atoms with Crippen LogP contribution < -0.4 is 37.1 Å². The third-order valence-corrected chi connectivity index (χ3v) is 17.1. The highest BCUT2D eigenvalue weighted by molar-refractivity contribution is 8.00. The Hall–Kier alpha value is -6.09. The minimum absolute atomic E-state index is 0.0464. The number of thioether (sulfide) groups is 1. The van der Waals surface area contributed by atoms with Crippen molar-refractivity contribution in [2.75, 3.05) is 51.4 Å². The number of aliphatic hydroxyl groups excluding tert-OH is 3. The number of nitrogens with zero attached hydrogens (tertiary/aromatic N) is 2. The summed E-state index contributed by atoms with van der Waals surface area (Å²) in [4.78, 5) is 154.